The highest BCUT2D eigenvalue weighted by atomic mass is 32.1. The minimum atomic E-state index is 0.267. The number of ketones is 1. The molecule has 1 aromatic heterocycles. The first kappa shape index (κ1) is 14.2. The van der Waals surface area contributed by atoms with E-state index in [1.54, 1.807) is 17.4 Å². The Bertz CT molecular complexity index is 332. The van der Waals surface area contributed by atoms with E-state index in [1.807, 2.05) is 17.5 Å². The predicted molar refractivity (Wildman–Crippen MR) is 76.3 cm³/mol. The molecule has 0 saturated heterocycles. The average molecular weight is 250 g/mol. The summed E-state index contributed by atoms with van der Waals surface area (Å²) in [5, 5.41) is 4.08. The number of hydrogen-bond donors (Lipinski definition) is 0. The van der Waals surface area contributed by atoms with Crippen LogP contribution in [0.25, 0.3) is 6.08 Å². The first-order chi connectivity index (χ1) is 8.26. The summed E-state index contributed by atoms with van der Waals surface area (Å²) in [6, 6.07) is 2.03. The molecule has 0 atom stereocenters. The normalized spacial score (nSPS) is 11.5. The van der Waals surface area contributed by atoms with Gasteiger partial charge in [0, 0.05) is 6.42 Å². The largest absolute Gasteiger partial charge is 0.295 e. The van der Waals surface area contributed by atoms with Crippen molar-refractivity contribution in [3.05, 3.63) is 28.5 Å². The van der Waals surface area contributed by atoms with E-state index in [1.165, 1.54) is 25.7 Å². The standard InChI is InChI=1S/C15H22OS/c1-3-5-13(6-4-2)11-15(16)8-7-14-9-10-17-12-14/h7-10,12-13H,3-6,11H2,1-2H3/b8-7+. The molecule has 0 radical (unpaired) electrons. The Balaban J connectivity index is 2.41. The van der Waals surface area contributed by atoms with Gasteiger partial charge in [-0.3, -0.25) is 4.79 Å². The van der Waals surface area contributed by atoms with Crippen LogP contribution >= 0.6 is 11.3 Å². The number of carbonyl (C=O) groups excluding carboxylic acids is 1. The molecule has 1 rings (SSSR count). The second-order valence-electron chi connectivity index (χ2n) is 4.50. The van der Waals surface area contributed by atoms with Gasteiger partial charge in [0.2, 0.25) is 0 Å². The first-order valence-electron chi connectivity index (χ1n) is 6.49. The highest BCUT2D eigenvalue weighted by Crippen LogP contribution is 2.18. The van der Waals surface area contributed by atoms with E-state index in [0.717, 1.165) is 5.56 Å². The van der Waals surface area contributed by atoms with Crippen molar-refractivity contribution in [2.45, 2.75) is 46.0 Å². The lowest BCUT2D eigenvalue weighted by molar-refractivity contribution is -0.115. The van der Waals surface area contributed by atoms with Crippen molar-refractivity contribution < 1.29 is 4.79 Å². The summed E-state index contributed by atoms with van der Waals surface area (Å²) in [6.45, 7) is 4.38. The molecule has 1 heterocycles. The van der Waals surface area contributed by atoms with Crippen LogP contribution in [0.2, 0.25) is 0 Å². The Morgan fingerprint density at radius 1 is 1.35 bits per heavy atom. The van der Waals surface area contributed by atoms with E-state index >= 15 is 0 Å². The number of hydrogen-bond acceptors (Lipinski definition) is 2. The molecule has 0 aromatic carbocycles. The number of carbonyl (C=O) groups is 1. The molecule has 17 heavy (non-hydrogen) atoms. The lowest BCUT2D eigenvalue weighted by Crippen LogP contribution is -2.06. The smallest absolute Gasteiger partial charge is 0.155 e. The first-order valence-corrected chi connectivity index (χ1v) is 7.43. The van der Waals surface area contributed by atoms with Crippen molar-refractivity contribution in [1.82, 2.24) is 0 Å². The van der Waals surface area contributed by atoms with Crippen LogP contribution in [0.4, 0.5) is 0 Å². The Morgan fingerprint density at radius 2 is 2.06 bits per heavy atom. The molecule has 1 nitrogen and oxygen atoms in total. The summed E-state index contributed by atoms with van der Waals surface area (Å²) in [5.74, 6) is 0.840. The molecule has 94 valence electrons. The van der Waals surface area contributed by atoms with E-state index in [0.29, 0.717) is 12.3 Å². The fraction of sp³-hybridized carbons (Fsp3) is 0.533. The fourth-order valence-electron chi connectivity index (χ4n) is 2.08. The van der Waals surface area contributed by atoms with Crippen LogP contribution in [0, 0.1) is 5.92 Å². The summed E-state index contributed by atoms with van der Waals surface area (Å²) in [5.41, 5.74) is 1.13. The number of allylic oxidation sites excluding steroid dienone is 1. The van der Waals surface area contributed by atoms with Gasteiger partial charge in [0.15, 0.2) is 5.78 Å². The van der Waals surface area contributed by atoms with Crippen molar-refractivity contribution in [1.29, 1.82) is 0 Å². The van der Waals surface area contributed by atoms with Crippen LogP contribution < -0.4 is 0 Å². The van der Waals surface area contributed by atoms with Gasteiger partial charge in [-0.1, -0.05) is 45.6 Å². The van der Waals surface area contributed by atoms with E-state index in [9.17, 15) is 4.79 Å². The molecule has 0 N–H and O–H groups in total. The Labute approximate surface area is 109 Å². The molecule has 0 unspecified atom stereocenters. The van der Waals surface area contributed by atoms with Gasteiger partial charge in [0.25, 0.3) is 0 Å². The zero-order chi connectivity index (χ0) is 12.5. The molecular formula is C15H22OS. The summed E-state index contributed by atoms with van der Waals surface area (Å²) < 4.78 is 0. The van der Waals surface area contributed by atoms with Gasteiger partial charge in [-0.2, -0.15) is 11.3 Å². The molecule has 1 aromatic rings. The summed E-state index contributed by atoms with van der Waals surface area (Å²) in [4.78, 5) is 11.8. The zero-order valence-electron chi connectivity index (χ0n) is 10.8. The van der Waals surface area contributed by atoms with Crippen molar-refractivity contribution >= 4 is 23.2 Å². The maximum atomic E-state index is 11.8. The van der Waals surface area contributed by atoms with Gasteiger partial charge in [-0.15, -0.1) is 0 Å². The molecule has 0 bridgehead atoms. The molecule has 0 saturated carbocycles. The Kier molecular flexibility index (Phi) is 6.87. The zero-order valence-corrected chi connectivity index (χ0v) is 11.6. The van der Waals surface area contributed by atoms with E-state index < -0.39 is 0 Å². The number of thiophene rings is 1. The second kappa shape index (κ2) is 8.24. The van der Waals surface area contributed by atoms with Crippen LogP contribution in [-0.2, 0) is 4.79 Å². The minimum Gasteiger partial charge on any atom is -0.295 e. The average Bonchev–Trinajstić information content (AvgIpc) is 2.80. The Morgan fingerprint density at radius 3 is 2.59 bits per heavy atom. The highest BCUT2D eigenvalue weighted by molar-refractivity contribution is 7.08. The van der Waals surface area contributed by atoms with Crippen molar-refractivity contribution in [3.63, 3.8) is 0 Å². The maximum Gasteiger partial charge on any atom is 0.155 e. The van der Waals surface area contributed by atoms with Gasteiger partial charge in [-0.05, 0) is 34.4 Å². The topological polar surface area (TPSA) is 17.1 Å². The van der Waals surface area contributed by atoms with Gasteiger partial charge < -0.3 is 0 Å². The molecule has 0 amide bonds. The van der Waals surface area contributed by atoms with Gasteiger partial charge in [0.05, 0.1) is 0 Å². The fourth-order valence-corrected chi connectivity index (χ4v) is 2.71. The lowest BCUT2D eigenvalue weighted by Gasteiger charge is -2.12. The van der Waals surface area contributed by atoms with E-state index in [2.05, 4.69) is 19.2 Å². The van der Waals surface area contributed by atoms with E-state index in [4.69, 9.17) is 0 Å². The Hall–Kier alpha value is -0.890. The molecule has 0 aliphatic rings. The SMILES string of the molecule is CCCC(CCC)CC(=O)/C=C/c1ccsc1. The van der Waals surface area contributed by atoms with E-state index in [-0.39, 0.29) is 5.78 Å². The lowest BCUT2D eigenvalue weighted by atomic mass is 9.93. The van der Waals surface area contributed by atoms with Crippen molar-refractivity contribution in [2.75, 3.05) is 0 Å². The molecule has 0 aliphatic heterocycles. The molecule has 2 heteroatoms. The maximum absolute atomic E-state index is 11.8. The quantitative estimate of drug-likeness (QED) is 0.597. The van der Waals surface area contributed by atoms with Gasteiger partial charge >= 0.3 is 0 Å². The van der Waals surface area contributed by atoms with Crippen LogP contribution in [0.3, 0.4) is 0 Å². The van der Waals surface area contributed by atoms with Crippen LogP contribution in [0.15, 0.2) is 22.9 Å². The molecule has 0 fully saturated rings. The van der Waals surface area contributed by atoms with Gasteiger partial charge in [0.1, 0.15) is 0 Å². The summed E-state index contributed by atoms with van der Waals surface area (Å²) in [7, 11) is 0. The number of rotatable bonds is 8. The third-order valence-corrected chi connectivity index (χ3v) is 3.59. The summed E-state index contributed by atoms with van der Waals surface area (Å²) >= 11 is 1.66. The predicted octanol–water partition coefficient (Wildman–Crippen LogP) is 4.94. The van der Waals surface area contributed by atoms with Crippen LogP contribution in [0.1, 0.15) is 51.5 Å². The van der Waals surface area contributed by atoms with Gasteiger partial charge in [-0.25, -0.2) is 0 Å². The minimum absolute atomic E-state index is 0.267. The third-order valence-electron chi connectivity index (χ3n) is 2.89. The highest BCUT2D eigenvalue weighted by Gasteiger charge is 2.10. The monoisotopic (exact) mass is 250 g/mol. The molecule has 0 aliphatic carbocycles. The van der Waals surface area contributed by atoms with Crippen molar-refractivity contribution in [2.24, 2.45) is 5.92 Å². The van der Waals surface area contributed by atoms with Crippen LogP contribution in [-0.4, -0.2) is 5.78 Å². The molecule has 0 spiro atoms. The van der Waals surface area contributed by atoms with Crippen LogP contribution in [0.5, 0.6) is 0 Å². The third kappa shape index (κ3) is 5.83. The molecular weight excluding hydrogens is 228 g/mol. The second-order valence-corrected chi connectivity index (χ2v) is 5.28. The van der Waals surface area contributed by atoms with Crippen molar-refractivity contribution in [3.8, 4) is 0 Å². The summed E-state index contributed by atoms with van der Waals surface area (Å²) in [6.07, 6.45) is 9.06.